The molecule has 0 N–H and O–H groups in total. The average Bonchev–Trinajstić information content (AvgIpc) is 2.19. The monoisotopic (exact) mass is 276 g/mol. The molecule has 1 aromatic heterocycles. The first-order valence-electron chi connectivity index (χ1n) is 4.51. The molecule has 2 nitrogen and oxygen atoms in total. The SMILES string of the molecule is Cc1ccc2oc(=O)c(C(Cl)Cl)c(Cl)c2c1. The van der Waals surface area contributed by atoms with Crippen LogP contribution in [-0.2, 0) is 0 Å². The lowest BCUT2D eigenvalue weighted by molar-refractivity contribution is 0.553. The van der Waals surface area contributed by atoms with Gasteiger partial charge in [-0.25, -0.2) is 4.79 Å². The van der Waals surface area contributed by atoms with Gasteiger partial charge in [0.15, 0.2) is 0 Å². The molecule has 0 fully saturated rings. The van der Waals surface area contributed by atoms with E-state index in [0.29, 0.717) is 11.0 Å². The second kappa shape index (κ2) is 4.28. The second-order valence-corrected chi connectivity index (χ2v) is 4.89. The zero-order valence-corrected chi connectivity index (χ0v) is 10.5. The Morgan fingerprint density at radius 3 is 2.62 bits per heavy atom. The maximum atomic E-state index is 11.6. The van der Waals surface area contributed by atoms with Crippen LogP contribution in [0.3, 0.4) is 0 Å². The number of fused-ring (bicyclic) bond motifs is 1. The van der Waals surface area contributed by atoms with Gasteiger partial charge in [0.1, 0.15) is 10.4 Å². The molecule has 0 radical (unpaired) electrons. The van der Waals surface area contributed by atoms with Crippen molar-refractivity contribution < 1.29 is 4.42 Å². The topological polar surface area (TPSA) is 30.2 Å². The number of hydrogen-bond donors (Lipinski definition) is 0. The zero-order chi connectivity index (χ0) is 11.9. The maximum absolute atomic E-state index is 11.6. The van der Waals surface area contributed by atoms with E-state index in [4.69, 9.17) is 39.2 Å². The molecule has 0 saturated heterocycles. The number of halogens is 3. The Morgan fingerprint density at radius 2 is 2.00 bits per heavy atom. The summed E-state index contributed by atoms with van der Waals surface area (Å²) in [6.07, 6.45) is 0. The van der Waals surface area contributed by atoms with Gasteiger partial charge in [0.05, 0.1) is 10.6 Å². The van der Waals surface area contributed by atoms with E-state index in [9.17, 15) is 4.79 Å². The van der Waals surface area contributed by atoms with Gasteiger partial charge in [0, 0.05) is 5.39 Å². The Morgan fingerprint density at radius 1 is 1.31 bits per heavy atom. The van der Waals surface area contributed by atoms with Gasteiger partial charge in [-0.15, -0.1) is 0 Å². The van der Waals surface area contributed by atoms with E-state index in [1.54, 1.807) is 6.07 Å². The minimum absolute atomic E-state index is 0.0862. The van der Waals surface area contributed by atoms with Gasteiger partial charge >= 0.3 is 5.63 Å². The molecule has 0 aliphatic rings. The van der Waals surface area contributed by atoms with Crippen LogP contribution in [0.4, 0.5) is 0 Å². The van der Waals surface area contributed by atoms with Crippen molar-refractivity contribution in [2.45, 2.75) is 11.8 Å². The molecule has 0 aliphatic carbocycles. The lowest BCUT2D eigenvalue weighted by atomic mass is 10.1. The standard InChI is InChI=1S/C11H7Cl3O2/c1-5-2-3-7-6(4-5)9(12)8(10(13)14)11(15)16-7/h2-4,10H,1H3. The molecule has 0 unspecified atom stereocenters. The third-order valence-corrected chi connectivity index (χ3v) is 3.09. The lowest BCUT2D eigenvalue weighted by Gasteiger charge is -2.06. The highest BCUT2D eigenvalue weighted by molar-refractivity contribution is 6.46. The van der Waals surface area contributed by atoms with Crippen molar-refractivity contribution in [3.05, 3.63) is 44.8 Å². The van der Waals surface area contributed by atoms with Crippen LogP contribution in [0.5, 0.6) is 0 Å². The average molecular weight is 278 g/mol. The Labute approximate surface area is 107 Å². The van der Waals surface area contributed by atoms with Crippen LogP contribution in [0.1, 0.15) is 16.0 Å². The molecular formula is C11H7Cl3O2. The molecule has 5 heteroatoms. The van der Waals surface area contributed by atoms with Crippen LogP contribution >= 0.6 is 34.8 Å². The summed E-state index contributed by atoms with van der Waals surface area (Å²) in [5.74, 6) is 0. The molecular weight excluding hydrogens is 270 g/mol. The fraction of sp³-hybridized carbons (Fsp3) is 0.182. The van der Waals surface area contributed by atoms with E-state index in [1.807, 2.05) is 19.1 Å². The van der Waals surface area contributed by atoms with Crippen LogP contribution in [0.15, 0.2) is 27.4 Å². The highest BCUT2D eigenvalue weighted by Gasteiger charge is 2.18. The molecule has 16 heavy (non-hydrogen) atoms. The van der Waals surface area contributed by atoms with Crippen molar-refractivity contribution in [3.63, 3.8) is 0 Å². The number of hydrogen-bond acceptors (Lipinski definition) is 2. The molecule has 0 amide bonds. The summed E-state index contributed by atoms with van der Waals surface area (Å²) in [5.41, 5.74) is 0.924. The van der Waals surface area contributed by atoms with E-state index >= 15 is 0 Å². The number of rotatable bonds is 1. The minimum atomic E-state index is -0.992. The summed E-state index contributed by atoms with van der Waals surface area (Å²) in [4.78, 5) is 10.6. The van der Waals surface area contributed by atoms with Crippen molar-refractivity contribution in [2.75, 3.05) is 0 Å². The van der Waals surface area contributed by atoms with Gasteiger partial charge in [-0.3, -0.25) is 0 Å². The predicted molar refractivity (Wildman–Crippen MR) is 66.7 cm³/mol. The van der Waals surface area contributed by atoms with Gasteiger partial charge < -0.3 is 4.42 Å². The number of aryl methyl sites for hydroxylation is 1. The first-order valence-corrected chi connectivity index (χ1v) is 5.77. The molecule has 2 aromatic rings. The van der Waals surface area contributed by atoms with Crippen molar-refractivity contribution in [3.8, 4) is 0 Å². The largest absolute Gasteiger partial charge is 0.422 e. The van der Waals surface area contributed by atoms with E-state index in [2.05, 4.69) is 0 Å². The molecule has 1 heterocycles. The summed E-state index contributed by atoms with van der Waals surface area (Å²) >= 11 is 17.4. The van der Waals surface area contributed by atoms with E-state index in [0.717, 1.165) is 5.56 Å². The third kappa shape index (κ3) is 1.93. The van der Waals surface area contributed by atoms with Crippen molar-refractivity contribution in [2.24, 2.45) is 0 Å². The highest BCUT2D eigenvalue weighted by atomic mass is 35.5. The summed E-state index contributed by atoms with van der Waals surface area (Å²) in [6.45, 7) is 1.92. The normalized spacial score (nSPS) is 11.3. The van der Waals surface area contributed by atoms with Gasteiger partial charge in [0.2, 0.25) is 0 Å². The Bertz CT molecular complexity index is 602. The Hall–Kier alpha value is -0.700. The molecule has 0 saturated carbocycles. The van der Waals surface area contributed by atoms with Gasteiger partial charge in [-0.2, -0.15) is 0 Å². The molecule has 0 spiro atoms. The van der Waals surface area contributed by atoms with E-state index in [1.165, 1.54) is 0 Å². The highest BCUT2D eigenvalue weighted by Crippen LogP contribution is 2.33. The fourth-order valence-electron chi connectivity index (χ4n) is 1.48. The molecule has 1 aromatic carbocycles. The molecule has 0 atom stereocenters. The smallest absolute Gasteiger partial charge is 0.343 e. The molecule has 2 rings (SSSR count). The maximum Gasteiger partial charge on any atom is 0.343 e. The Balaban J connectivity index is 2.91. The lowest BCUT2D eigenvalue weighted by Crippen LogP contribution is -2.08. The van der Waals surface area contributed by atoms with Gasteiger partial charge in [-0.05, 0) is 19.1 Å². The predicted octanol–water partition coefficient (Wildman–Crippen LogP) is 4.23. The molecule has 84 valence electrons. The van der Waals surface area contributed by atoms with E-state index in [-0.39, 0.29) is 10.6 Å². The first kappa shape index (κ1) is 11.8. The van der Waals surface area contributed by atoms with Gasteiger partial charge in [0.25, 0.3) is 0 Å². The van der Waals surface area contributed by atoms with Crippen LogP contribution in [0, 0.1) is 6.92 Å². The third-order valence-electron chi connectivity index (χ3n) is 2.25. The van der Waals surface area contributed by atoms with Crippen molar-refractivity contribution >= 4 is 45.8 Å². The van der Waals surface area contributed by atoms with Crippen LogP contribution < -0.4 is 5.63 Å². The second-order valence-electron chi connectivity index (χ2n) is 3.42. The van der Waals surface area contributed by atoms with Crippen LogP contribution in [0.25, 0.3) is 11.0 Å². The summed E-state index contributed by atoms with van der Waals surface area (Å²) in [5, 5.41) is 0.896. The Kier molecular flexibility index (Phi) is 3.15. The number of benzene rings is 1. The van der Waals surface area contributed by atoms with E-state index < -0.39 is 10.5 Å². The molecule has 0 aliphatic heterocycles. The van der Waals surface area contributed by atoms with Crippen LogP contribution in [0.2, 0.25) is 5.02 Å². The van der Waals surface area contributed by atoms with Gasteiger partial charge in [-0.1, -0.05) is 46.4 Å². The zero-order valence-electron chi connectivity index (χ0n) is 8.26. The quantitative estimate of drug-likeness (QED) is 0.577. The fourth-order valence-corrected chi connectivity index (χ4v) is 2.32. The van der Waals surface area contributed by atoms with Crippen molar-refractivity contribution in [1.82, 2.24) is 0 Å². The number of alkyl halides is 2. The summed E-state index contributed by atoms with van der Waals surface area (Å²) in [6, 6.07) is 5.35. The summed E-state index contributed by atoms with van der Waals surface area (Å²) in [7, 11) is 0. The van der Waals surface area contributed by atoms with Crippen LogP contribution in [-0.4, -0.2) is 0 Å². The van der Waals surface area contributed by atoms with Crippen molar-refractivity contribution in [1.29, 1.82) is 0 Å². The first-order chi connectivity index (χ1) is 7.50. The summed E-state index contributed by atoms with van der Waals surface area (Å²) < 4.78 is 5.08. The minimum Gasteiger partial charge on any atom is -0.422 e. The molecule has 0 bridgehead atoms.